The monoisotopic (exact) mass is 805 g/mol. The minimum atomic E-state index is -0.686. The highest BCUT2D eigenvalue weighted by molar-refractivity contribution is 6.04. The molecular formula is C46H53F2N7O4. The van der Waals surface area contributed by atoms with Gasteiger partial charge in [-0.3, -0.25) is 9.80 Å². The van der Waals surface area contributed by atoms with Crippen molar-refractivity contribution in [2.75, 3.05) is 37.3 Å². The van der Waals surface area contributed by atoms with E-state index in [-0.39, 0.29) is 34.4 Å². The number of nitrogens with zero attached hydrogens (tertiary/aromatic N) is 5. The molecule has 3 fully saturated rings. The van der Waals surface area contributed by atoms with E-state index in [1.54, 1.807) is 18.2 Å². The number of benzene rings is 2. The van der Waals surface area contributed by atoms with Crippen LogP contribution in [-0.4, -0.2) is 68.6 Å². The lowest BCUT2D eigenvalue weighted by Gasteiger charge is -2.39. The molecule has 1 saturated carbocycles. The number of fused-ring (bicyclic) bond motifs is 2. The molecule has 13 heteroatoms. The van der Waals surface area contributed by atoms with Gasteiger partial charge in [0.2, 0.25) is 0 Å². The first-order valence-corrected chi connectivity index (χ1v) is 21.6. The van der Waals surface area contributed by atoms with Crippen molar-refractivity contribution in [1.82, 2.24) is 24.8 Å². The van der Waals surface area contributed by atoms with Gasteiger partial charge in [0.05, 0.1) is 28.7 Å². The highest BCUT2D eigenvalue weighted by atomic mass is 19.1. The molecule has 1 aliphatic carbocycles. The Bertz CT molecular complexity index is 2460. The molecule has 0 bridgehead atoms. The van der Waals surface area contributed by atoms with E-state index in [9.17, 15) is 4.79 Å². The molecule has 4 aliphatic rings. The van der Waals surface area contributed by atoms with Crippen LogP contribution in [0.4, 0.5) is 20.3 Å². The zero-order valence-electron chi connectivity index (χ0n) is 33.9. The van der Waals surface area contributed by atoms with E-state index in [0.717, 1.165) is 96.6 Å². The smallest absolute Gasteiger partial charge is 0.461 e. The maximum absolute atomic E-state index is 17.4. The Hall–Kier alpha value is -5.06. The maximum Gasteiger partial charge on any atom is 0.519 e. The van der Waals surface area contributed by atoms with Crippen molar-refractivity contribution in [3.63, 3.8) is 0 Å². The molecule has 3 aliphatic heterocycles. The molecule has 2 saturated heterocycles. The molecule has 59 heavy (non-hydrogen) atoms. The van der Waals surface area contributed by atoms with E-state index in [1.165, 1.54) is 6.07 Å². The molecule has 3 N–H and O–H groups in total. The van der Waals surface area contributed by atoms with Crippen LogP contribution in [0.1, 0.15) is 113 Å². The normalized spacial score (nSPS) is 19.1. The number of hydrogen-bond donors (Lipinski definition) is 2. The highest BCUT2D eigenvalue weighted by Crippen LogP contribution is 2.42. The summed E-state index contributed by atoms with van der Waals surface area (Å²) in [6, 6.07) is 6.53. The summed E-state index contributed by atoms with van der Waals surface area (Å²) in [5.41, 5.74) is 7.67. The van der Waals surface area contributed by atoms with Crippen LogP contribution in [0.5, 0.6) is 6.01 Å². The number of pyridine rings is 1. The topological polar surface area (TPSA) is 136 Å². The highest BCUT2D eigenvalue weighted by Gasteiger charge is 2.45. The fourth-order valence-electron chi connectivity index (χ4n) is 10.0. The third kappa shape index (κ3) is 7.66. The zero-order valence-corrected chi connectivity index (χ0v) is 33.9. The van der Waals surface area contributed by atoms with Crippen molar-refractivity contribution >= 4 is 33.2 Å². The van der Waals surface area contributed by atoms with Gasteiger partial charge in [0.25, 0.3) is 0 Å². The number of ether oxygens (including phenoxy) is 1. The van der Waals surface area contributed by atoms with Gasteiger partial charge in [0.15, 0.2) is 17.3 Å². The first kappa shape index (κ1) is 39.4. The number of anilines is 2. The molecule has 9 rings (SSSR count). The van der Waals surface area contributed by atoms with Crippen LogP contribution < -0.4 is 21.6 Å². The summed E-state index contributed by atoms with van der Waals surface area (Å²) >= 11 is 0. The van der Waals surface area contributed by atoms with Gasteiger partial charge in [-0.15, -0.1) is 6.42 Å². The summed E-state index contributed by atoms with van der Waals surface area (Å²) in [6.45, 7) is 5.77. The lowest BCUT2D eigenvalue weighted by atomic mass is 9.90. The van der Waals surface area contributed by atoms with E-state index < -0.39 is 17.5 Å². The standard InChI is InChI=1S/C46H53F2N7O4/c1-3-5-6-7-16-36-37(59-45(56)58-36)26-54(31-13-9-14-31)25-30-12-8-15-35-39-42(52-44(53-43(39)50-30)57-27-46-19-10-21-55(46)22-11-20-46)40(48)41(51-35)33-24-29(49)23-28-17-18-34(47)32(4-2)38(28)33/h2,17-18,23-24,30-31H,3,5-16,19-22,25-27,49H2,1H3,(H,50,52,53). The average Bonchev–Trinajstić information content (AvgIpc) is 3.88. The second-order valence-corrected chi connectivity index (χ2v) is 17.1. The molecule has 3 aromatic heterocycles. The van der Waals surface area contributed by atoms with Crippen molar-refractivity contribution in [1.29, 1.82) is 0 Å². The molecule has 5 aromatic rings. The summed E-state index contributed by atoms with van der Waals surface area (Å²) in [5, 5.41) is 5.16. The first-order chi connectivity index (χ1) is 28.7. The Kier molecular flexibility index (Phi) is 11.0. The maximum atomic E-state index is 17.4. The minimum Gasteiger partial charge on any atom is -0.461 e. The lowest BCUT2D eigenvalue weighted by Crippen LogP contribution is -2.46. The summed E-state index contributed by atoms with van der Waals surface area (Å²) in [6.07, 6.45) is 20.3. The number of halogens is 2. The molecule has 1 unspecified atom stereocenters. The van der Waals surface area contributed by atoms with Gasteiger partial charge in [-0.2, -0.15) is 9.97 Å². The quantitative estimate of drug-likeness (QED) is 0.0635. The van der Waals surface area contributed by atoms with E-state index in [2.05, 4.69) is 28.0 Å². The largest absolute Gasteiger partial charge is 0.519 e. The van der Waals surface area contributed by atoms with Crippen molar-refractivity contribution in [2.45, 2.75) is 127 Å². The molecule has 1 atom stereocenters. The van der Waals surface area contributed by atoms with Gasteiger partial charge in [0.1, 0.15) is 29.5 Å². The van der Waals surface area contributed by atoms with Gasteiger partial charge in [-0.05, 0) is 101 Å². The van der Waals surface area contributed by atoms with Crippen molar-refractivity contribution in [2.24, 2.45) is 0 Å². The number of rotatable bonds is 14. The molecule has 11 nitrogen and oxygen atoms in total. The zero-order chi connectivity index (χ0) is 40.7. The number of unbranched alkanes of at least 4 members (excludes halogenated alkanes) is 3. The summed E-state index contributed by atoms with van der Waals surface area (Å²) < 4.78 is 50.3. The van der Waals surface area contributed by atoms with E-state index in [0.29, 0.717) is 89.0 Å². The van der Waals surface area contributed by atoms with Crippen LogP contribution in [0.15, 0.2) is 37.9 Å². The molecule has 310 valence electrons. The molecule has 0 amide bonds. The van der Waals surface area contributed by atoms with Gasteiger partial charge in [0, 0.05) is 41.7 Å². The number of nitrogens with two attached hydrogens (primary N) is 1. The van der Waals surface area contributed by atoms with Gasteiger partial charge in [-0.25, -0.2) is 18.6 Å². The van der Waals surface area contributed by atoms with Crippen LogP contribution in [0, 0.1) is 24.0 Å². The number of nitrogens with one attached hydrogen (secondary N) is 1. The van der Waals surface area contributed by atoms with Crippen LogP contribution >= 0.6 is 0 Å². The van der Waals surface area contributed by atoms with Crippen molar-refractivity contribution in [3.8, 4) is 29.6 Å². The van der Waals surface area contributed by atoms with E-state index in [1.807, 2.05) is 0 Å². The van der Waals surface area contributed by atoms with Gasteiger partial charge < -0.3 is 24.6 Å². The Morgan fingerprint density at radius 3 is 2.59 bits per heavy atom. The minimum absolute atomic E-state index is 0.000704. The number of aromatic nitrogens is 3. The van der Waals surface area contributed by atoms with E-state index in [4.69, 9.17) is 40.7 Å². The van der Waals surface area contributed by atoms with Crippen LogP contribution in [0.25, 0.3) is 32.9 Å². The second-order valence-electron chi connectivity index (χ2n) is 17.1. The summed E-state index contributed by atoms with van der Waals surface area (Å²) in [5.74, 6) is 2.25. The second kappa shape index (κ2) is 16.5. The Labute approximate surface area is 343 Å². The molecular weight excluding hydrogens is 753 g/mol. The molecule has 6 heterocycles. The van der Waals surface area contributed by atoms with Crippen molar-refractivity contribution in [3.05, 3.63) is 69.3 Å². The predicted molar refractivity (Wildman–Crippen MR) is 224 cm³/mol. The number of aryl methyl sites for hydroxylation is 2. The Morgan fingerprint density at radius 1 is 1.02 bits per heavy atom. The SMILES string of the molecule is C#Cc1c(F)ccc2cc(N)cc(-c3nc4c5c(nc(OCC67CCCN6CCC7)nc5c3F)NC(CN(Cc3oc(=O)oc3CCCCCC)C3CCC3)CCC4)c12. The predicted octanol–water partition coefficient (Wildman–Crippen LogP) is 8.53. The third-order valence-corrected chi connectivity index (χ3v) is 13.3. The Morgan fingerprint density at radius 2 is 1.83 bits per heavy atom. The molecule has 0 spiro atoms. The number of terminal acetylenes is 1. The third-order valence-electron chi connectivity index (χ3n) is 13.3. The summed E-state index contributed by atoms with van der Waals surface area (Å²) in [4.78, 5) is 32.0. The van der Waals surface area contributed by atoms with Gasteiger partial charge in [-0.1, -0.05) is 44.6 Å². The van der Waals surface area contributed by atoms with Crippen LogP contribution in [0.3, 0.4) is 0 Å². The first-order valence-electron chi connectivity index (χ1n) is 21.6. The van der Waals surface area contributed by atoms with Crippen LogP contribution in [-0.2, 0) is 19.4 Å². The van der Waals surface area contributed by atoms with Crippen LogP contribution in [0.2, 0.25) is 0 Å². The lowest BCUT2D eigenvalue weighted by molar-refractivity contribution is 0.103. The van der Waals surface area contributed by atoms with Gasteiger partial charge >= 0.3 is 11.8 Å². The molecule has 0 radical (unpaired) electrons. The van der Waals surface area contributed by atoms with Crippen molar-refractivity contribution < 1.29 is 22.4 Å². The van der Waals surface area contributed by atoms with E-state index >= 15 is 8.78 Å². The number of hydrogen-bond acceptors (Lipinski definition) is 11. The molecule has 2 aromatic carbocycles. The fraction of sp³-hybridized carbons (Fsp3) is 0.522. The average molecular weight is 806 g/mol. The number of nitrogen functional groups attached to an aromatic ring is 1. The fourth-order valence-corrected chi connectivity index (χ4v) is 10.0. The Balaban J connectivity index is 1.10. The summed E-state index contributed by atoms with van der Waals surface area (Å²) in [7, 11) is 0.